The van der Waals surface area contributed by atoms with E-state index in [0.717, 1.165) is 0 Å². The molecular weight excluding hydrogens is 431 g/mol. The highest BCUT2D eigenvalue weighted by Gasteiger charge is 2.87. The molecule has 3 aliphatic rings. The van der Waals surface area contributed by atoms with E-state index in [9.17, 15) is 9.59 Å². The third-order valence-corrected chi connectivity index (χ3v) is 8.99. The Morgan fingerprint density at radius 1 is 1.04 bits per heavy atom. The Hall–Kier alpha value is 0.580. The summed E-state index contributed by atoms with van der Waals surface area (Å²) >= 11 is 38.1. The topological polar surface area (TPSA) is 46.6 Å². The summed E-state index contributed by atoms with van der Waals surface area (Å²) in [7, 11) is 0. The average Bonchev–Trinajstić information content (AvgIpc) is 2.86. The van der Waals surface area contributed by atoms with Crippen LogP contribution in [0.1, 0.15) is 20.3 Å². The van der Waals surface area contributed by atoms with Crippen molar-refractivity contribution in [1.29, 1.82) is 0 Å². The Balaban J connectivity index is 2.13. The molecule has 2 aliphatic carbocycles. The van der Waals surface area contributed by atoms with Crippen LogP contribution >= 0.6 is 69.6 Å². The molecule has 4 nitrogen and oxygen atoms in total. The molecule has 0 radical (unpaired) electrons. The molecule has 0 aromatic carbocycles. The Kier molecular flexibility index (Phi) is 4.23. The van der Waals surface area contributed by atoms with Crippen LogP contribution in [0.5, 0.6) is 0 Å². The van der Waals surface area contributed by atoms with E-state index in [1.807, 2.05) is 6.92 Å². The minimum atomic E-state index is -1.92. The van der Waals surface area contributed by atoms with Gasteiger partial charge in [-0.2, -0.15) is 5.06 Å². The second kappa shape index (κ2) is 5.29. The number of alkyl halides is 4. The lowest BCUT2D eigenvalue weighted by atomic mass is 9.84. The first-order valence-electron chi connectivity index (χ1n) is 6.84. The lowest BCUT2D eigenvalue weighted by Crippen LogP contribution is -2.50. The maximum atomic E-state index is 12.7. The van der Waals surface area contributed by atoms with Crippen molar-refractivity contribution in [3.63, 3.8) is 0 Å². The van der Waals surface area contributed by atoms with E-state index >= 15 is 0 Å². The molecule has 0 aromatic rings. The summed E-state index contributed by atoms with van der Waals surface area (Å²) in [5.41, 5.74) is 0. The van der Waals surface area contributed by atoms with Crippen LogP contribution in [0.3, 0.4) is 0 Å². The molecule has 3 rings (SSSR count). The molecule has 128 valence electrons. The average molecular weight is 442 g/mol. The standard InChI is InChI=1S/C13H11Cl6NO3/c1-3-4(2)23-20-9(21)5-6(10(20)22)12(17)8(15)7(14)11(5,16)13(12,18)19/h4-6H,3H2,1-2H3/t4-,5-,6+,11-,12-/m0/s1. The van der Waals surface area contributed by atoms with Crippen LogP contribution in [0.2, 0.25) is 0 Å². The van der Waals surface area contributed by atoms with Crippen molar-refractivity contribution in [3.05, 3.63) is 10.1 Å². The van der Waals surface area contributed by atoms with Crippen molar-refractivity contribution in [2.24, 2.45) is 11.8 Å². The molecule has 1 aliphatic heterocycles. The van der Waals surface area contributed by atoms with Crippen molar-refractivity contribution in [3.8, 4) is 0 Å². The fourth-order valence-corrected chi connectivity index (χ4v) is 6.26. The largest absolute Gasteiger partial charge is 0.272 e. The zero-order valence-electron chi connectivity index (χ0n) is 11.9. The summed E-state index contributed by atoms with van der Waals surface area (Å²) < 4.78 is -1.92. The predicted molar refractivity (Wildman–Crippen MR) is 90.0 cm³/mol. The SMILES string of the molecule is CC[C@H](C)ON1C(=O)[C@@H]2[C@H](C1=O)[C@]1(Cl)C(Cl)=C(Cl)[C@]2(Cl)C1(Cl)Cl. The number of allylic oxidation sites excluding steroid dienone is 2. The first kappa shape index (κ1) is 18.4. The third-order valence-electron chi connectivity index (χ3n) is 4.73. The number of hydroxylamine groups is 2. The molecule has 1 saturated carbocycles. The van der Waals surface area contributed by atoms with Gasteiger partial charge in [-0.1, -0.05) is 53.3 Å². The van der Waals surface area contributed by atoms with Crippen LogP contribution in [0.4, 0.5) is 0 Å². The van der Waals surface area contributed by atoms with Crippen LogP contribution in [-0.4, -0.2) is 37.1 Å². The normalized spacial score (nSPS) is 42.7. The first-order chi connectivity index (χ1) is 10.5. The van der Waals surface area contributed by atoms with Gasteiger partial charge >= 0.3 is 0 Å². The molecule has 0 aromatic heterocycles. The minimum absolute atomic E-state index is 0.117. The zero-order chi connectivity index (χ0) is 17.5. The third kappa shape index (κ3) is 1.82. The maximum absolute atomic E-state index is 12.7. The number of carbonyl (C=O) groups excluding carboxylic acids is 2. The molecule has 23 heavy (non-hydrogen) atoms. The number of imide groups is 1. The smallest absolute Gasteiger partial charge is 0.259 e. The van der Waals surface area contributed by atoms with Gasteiger partial charge in [0.25, 0.3) is 11.8 Å². The summed E-state index contributed by atoms with van der Waals surface area (Å²) in [5.74, 6) is -3.65. The highest BCUT2D eigenvalue weighted by Crippen LogP contribution is 2.77. The fraction of sp³-hybridized carbons (Fsp3) is 0.692. The lowest BCUT2D eigenvalue weighted by molar-refractivity contribution is -0.203. The Morgan fingerprint density at radius 2 is 1.43 bits per heavy atom. The molecule has 1 heterocycles. The molecule has 0 spiro atoms. The fourth-order valence-electron chi connectivity index (χ4n) is 3.33. The monoisotopic (exact) mass is 439 g/mol. The zero-order valence-corrected chi connectivity index (χ0v) is 16.4. The van der Waals surface area contributed by atoms with Gasteiger partial charge in [0, 0.05) is 0 Å². The van der Waals surface area contributed by atoms with Gasteiger partial charge in [-0.3, -0.25) is 14.4 Å². The first-order valence-corrected chi connectivity index (χ1v) is 9.11. The molecule has 0 N–H and O–H groups in total. The van der Waals surface area contributed by atoms with Gasteiger partial charge in [-0.05, 0) is 13.3 Å². The molecular formula is C13H11Cl6NO3. The van der Waals surface area contributed by atoms with Gasteiger partial charge in [-0.25, -0.2) is 0 Å². The second-order valence-electron chi connectivity index (χ2n) is 5.88. The van der Waals surface area contributed by atoms with Gasteiger partial charge in [-0.15, -0.1) is 23.2 Å². The van der Waals surface area contributed by atoms with Gasteiger partial charge in [0.2, 0.25) is 0 Å². The molecule has 1 saturated heterocycles. The van der Waals surface area contributed by atoms with E-state index in [1.54, 1.807) is 6.92 Å². The summed E-state index contributed by atoms with van der Waals surface area (Å²) in [5, 5.41) is 0.447. The van der Waals surface area contributed by atoms with Crippen LogP contribution < -0.4 is 0 Å². The van der Waals surface area contributed by atoms with Gasteiger partial charge in [0.05, 0.1) is 28.0 Å². The number of halogens is 6. The number of nitrogens with zero attached hydrogens (tertiary/aromatic N) is 1. The molecule has 5 atom stereocenters. The molecule has 2 fully saturated rings. The van der Waals surface area contributed by atoms with E-state index in [-0.39, 0.29) is 16.2 Å². The molecule has 0 unspecified atom stereocenters. The summed E-state index contributed by atoms with van der Waals surface area (Å²) in [6.45, 7) is 3.58. The molecule has 10 heteroatoms. The predicted octanol–water partition coefficient (Wildman–Crippen LogP) is 4.16. The number of hydrogen-bond acceptors (Lipinski definition) is 3. The molecule has 2 amide bonds. The van der Waals surface area contributed by atoms with Gasteiger partial charge < -0.3 is 0 Å². The second-order valence-corrected chi connectivity index (χ2v) is 9.15. The Bertz CT molecular complexity index is 606. The van der Waals surface area contributed by atoms with Crippen LogP contribution in [0.25, 0.3) is 0 Å². The Labute approximate surface area is 162 Å². The van der Waals surface area contributed by atoms with E-state index in [1.165, 1.54) is 0 Å². The van der Waals surface area contributed by atoms with E-state index in [2.05, 4.69) is 0 Å². The summed E-state index contributed by atoms with van der Waals surface area (Å²) in [6, 6.07) is 0. The van der Waals surface area contributed by atoms with Crippen molar-refractivity contribution >= 4 is 81.4 Å². The molecule has 2 bridgehead atoms. The van der Waals surface area contributed by atoms with Crippen molar-refractivity contribution < 1.29 is 14.4 Å². The number of hydrogen-bond donors (Lipinski definition) is 0. The lowest BCUT2D eigenvalue weighted by Gasteiger charge is -2.34. The highest BCUT2D eigenvalue weighted by molar-refractivity contribution is 6.66. The minimum Gasteiger partial charge on any atom is -0.272 e. The quantitative estimate of drug-likeness (QED) is 0.488. The van der Waals surface area contributed by atoms with Gasteiger partial charge in [0.1, 0.15) is 9.75 Å². The summed E-state index contributed by atoms with van der Waals surface area (Å²) in [4.78, 5) is 27.3. The highest BCUT2D eigenvalue weighted by atomic mass is 35.5. The maximum Gasteiger partial charge on any atom is 0.259 e. The summed E-state index contributed by atoms with van der Waals surface area (Å²) in [6.07, 6.45) is 0.242. The number of fused-ring (bicyclic) bond motifs is 5. The number of amides is 2. The van der Waals surface area contributed by atoms with E-state index in [4.69, 9.17) is 74.4 Å². The Morgan fingerprint density at radius 3 is 1.78 bits per heavy atom. The van der Waals surface area contributed by atoms with Crippen LogP contribution in [0, 0.1) is 11.8 Å². The van der Waals surface area contributed by atoms with Crippen molar-refractivity contribution in [2.45, 2.75) is 40.5 Å². The van der Waals surface area contributed by atoms with Crippen LogP contribution in [-0.2, 0) is 14.4 Å². The van der Waals surface area contributed by atoms with E-state index in [0.29, 0.717) is 11.5 Å². The number of rotatable bonds is 3. The van der Waals surface area contributed by atoms with Gasteiger partial charge in [0.15, 0.2) is 4.33 Å². The van der Waals surface area contributed by atoms with E-state index < -0.39 is 37.7 Å². The van der Waals surface area contributed by atoms with Crippen molar-refractivity contribution in [2.75, 3.05) is 0 Å². The van der Waals surface area contributed by atoms with Crippen molar-refractivity contribution in [1.82, 2.24) is 5.06 Å². The van der Waals surface area contributed by atoms with Crippen LogP contribution in [0.15, 0.2) is 10.1 Å². The number of carbonyl (C=O) groups is 2.